The van der Waals surface area contributed by atoms with E-state index in [0.29, 0.717) is 18.1 Å². The van der Waals surface area contributed by atoms with Gasteiger partial charge in [-0.1, -0.05) is 29.8 Å². The number of ether oxygens (including phenoxy) is 1. The van der Waals surface area contributed by atoms with Gasteiger partial charge in [-0.05, 0) is 55.5 Å². The number of carbonyl (C=O) groups is 1. The van der Waals surface area contributed by atoms with Gasteiger partial charge in [0.2, 0.25) is 10.0 Å². The molecule has 1 fully saturated rings. The predicted molar refractivity (Wildman–Crippen MR) is 108 cm³/mol. The number of hydrogen-bond acceptors (Lipinski definition) is 4. The zero-order chi connectivity index (χ0) is 20.1. The first-order chi connectivity index (χ1) is 13.4. The van der Waals surface area contributed by atoms with Gasteiger partial charge in [-0.3, -0.25) is 4.79 Å². The molecule has 28 heavy (non-hydrogen) atoms. The molecule has 0 heterocycles. The van der Waals surface area contributed by atoms with Gasteiger partial charge >= 0.3 is 0 Å². The van der Waals surface area contributed by atoms with Gasteiger partial charge in [0.15, 0.2) is 0 Å². The molecule has 1 aliphatic carbocycles. The van der Waals surface area contributed by atoms with Crippen molar-refractivity contribution in [2.24, 2.45) is 5.92 Å². The van der Waals surface area contributed by atoms with E-state index in [0.717, 1.165) is 18.4 Å². The topological polar surface area (TPSA) is 84.5 Å². The lowest BCUT2D eigenvalue weighted by atomic mass is 10.0. The maximum absolute atomic E-state index is 12.7. The number of carbonyl (C=O) groups excluding carboxylic acids is 1. The highest BCUT2D eigenvalue weighted by molar-refractivity contribution is 7.89. The fourth-order valence-electron chi connectivity index (χ4n) is 3.05. The summed E-state index contributed by atoms with van der Waals surface area (Å²) in [5.41, 5.74) is 2.72. The van der Waals surface area contributed by atoms with E-state index in [1.165, 1.54) is 24.8 Å². The number of methoxy groups -OCH3 is 1. The summed E-state index contributed by atoms with van der Waals surface area (Å²) in [5.74, 6) is 0.255. The van der Waals surface area contributed by atoms with Crippen LogP contribution < -0.4 is 10.0 Å². The van der Waals surface area contributed by atoms with Crippen LogP contribution in [0.1, 0.15) is 40.4 Å². The summed E-state index contributed by atoms with van der Waals surface area (Å²) >= 11 is 0. The second-order valence-electron chi connectivity index (χ2n) is 7.11. The van der Waals surface area contributed by atoms with Crippen molar-refractivity contribution in [3.63, 3.8) is 0 Å². The maximum atomic E-state index is 12.7. The normalized spacial score (nSPS) is 15.2. The number of sulfonamides is 1. The highest BCUT2D eigenvalue weighted by atomic mass is 32.2. The number of rotatable bonds is 9. The largest absolute Gasteiger partial charge is 0.383 e. The number of benzene rings is 2. The first kappa shape index (κ1) is 20.5. The van der Waals surface area contributed by atoms with E-state index in [9.17, 15) is 13.2 Å². The van der Waals surface area contributed by atoms with Crippen LogP contribution in [-0.4, -0.2) is 34.6 Å². The third-order valence-electron chi connectivity index (χ3n) is 4.84. The van der Waals surface area contributed by atoms with Gasteiger partial charge in [0.05, 0.1) is 17.5 Å². The van der Waals surface area contributed by atoms with Crippen LogP contribution in [0, 0.1) is 12.8 Å². The maximum Gasteiger partial charge on any atom is 0.251 e. The van der Waals surface area contributed by atoms with E-state index in [1.54, 1.807) is 12.1 Å². The Morgan fingerprint density at radius 3 is 2.32 bits per heavy atom. The third kappa shape index (κ3) is 5.19. The molecule has 1 saturated carbocycles. The van der Waals surface area contributed by atoms with E-state index < -0.39 is 10.0 Å². The average Bonchev–Trinajstić information content (AvgIpc) is 3.52. The minimum absolute atomic E-state index is 0.0211. The van der Waals surface area contributed by atoms with Gasteiger partial charge < -0.3 is 10.1 Å². The molecular formula is C21H26N2O4S. The van der Waals surface area contributed by atoms with Crippen molar-refractivity contribution >= 4 is 15.9 Å². The summed E-state index contributed by atoms with van der Waals surface area (Å²) < 4.78 is 31.7. The van der Waals surface area contributed by atoms with Gasteiger partial charge in [0.1, 0.15) is 0 Å². The van der Waals surface area contributed by atoms with Crippen LogP contribution >= 0.6 is 0 Å². The van der Waals surface area contributed by atoms with E-state index in [4.69, 9.17) is 4.74 Å². The molecule has 2 aromatic rings. The number of hydrogen-bond donors (Lipinski definition) is 2. The summed E-state index contributed by atoms with van der Waals surface area (Å²) in [4.78, 5) is 12.8. The van der Waals surface area contributed by atoms with Crippen molar-refractivity contribution in [2.45, 2.75) is 30.7 Å². The van der Waals surface area contributed by atoms with Crippen molar-refractivity contribution < 1.29 is 17.9 Å². The van der Waals surface area contributed by atoms with Crippen LogP contribution in [0.4, 0.5) is 0 Å². The van der Waals surface area contributed by atoms with Gasteiger partial charge in [0, 0.05) is 19.2 Å². The minimum atomic E-state index is -3.61. The Morgan fingerprint density at radius 1 is 1.11 bits per heavy atom. The summed E-state index contributed by atoms with van der Waals surface area (Å²) in [6.07, 6.45) is 2.20. The van der Waals surface area contributed by atoms with E-state index in [-0.39, 0.29) is 23.4 Å². The second-order valence-corrected chi connectivity index (χ2v) is 8.88. The smallest absolute Gasteiger partial charge is 0.251 e. The number of amides is 1. The Hall–Kier alpha value is -2.22. The zero-order valence-corrected chi connectivity index (χ0v) is 17.0. The van der Waals surface area contributed by atoms with Gasteiger partial charge in [-0.2, -0.15) is 0 Å². The molecule has 0 aromatic heterocycles. The fourth-order valence-corrected chi connectivity index (χ4v) is 4.06. The fraction of sp³-hybridized carbons (Fsp3) is 0.381. The molecule has 150 valence electrons. The molecule has 0 bridgehead atoms. The molecule has 7 heteroatoms. The predicted octanol–water partition coefficient (Wildman–Crippen LogP) is 2.80. The molecule has 1 unspecified atom stereocenters. The van der Waals surface area contributed by atoms with Crippen LogP contribution in [0.3, 0.4) is 0 Å². The Labute approximate surface area is 166 Å². The molecule has 1 aliphatic rings. The molecule has 0 radical (unpaired) electrons. The summed E-state index contributed by atoms with van der Waals surface area (Å²) in [7, 11) is -2.10. The summed E-state index contributed by atoms with van der Waals surface area (Å²) in [5, 5.41) is 3.11. The van der Waals surface area contributed by atoms with Crippen molar-refractivity contribution in [3.8, 4) is 0 Å². The molecular weight excluding hydrogens is 376 g/mol. The van der Waals surface area contributed by atoms with Crippen molar-refractivity contribution in [2.75, 3.05) is 20.3 Å². The molecule has 0 saturated heterocycles. The minimum Gasteiger partial charge on any atom is -0.383 e. The van der Waals surface area contributed by atoms with Crippen LogP contribution in [-0.2, 0) is 14.8 Å². The van der Waals surface area contributed by atoms with Crippen molar-refractivity contribution in [1.82, 2.24) is 10.0 Å². The third-order valence-corrected chi connectivity index (χ3v) is 6.32. The van der Waals surface area contributed by atoms with E-state index in [2.05, 4.69) is 22.2 Å². The summed E-state index contributed by atoms with van der Waals surface area (Å²) in [6, 6.07) is 14.2. The van der Waals surface area contributed by atoms with Crippen LogP contribution in [0.2, 0.25) is 0 Å². The molecule has 2 aromatic carbocycles. The van der Waals surface area contributed by atoms with Gasteiger partial charge in [-0.25, -0.2) is 13.1 Å². The van der Waals surface area contributed by atoms with Crippen LogP contribution in [0.25, 0.3) is 0 Å². The van der Waals surface area contributed by atoms with Gasteiger partial charge in [0.25, 0.3) is 5.91 Å². The number of nitrogens with one attached hydrogen (secondary N) is 2. The van der Waals surface area contributed by atoms with Crippen molar-refractivity contribution in [1.29, 1.82) is 0 Å². The average molecular weight is 403 g/mol. The summed E-state index contributed by atoms with van der Waals surface area (Å²) in [6.45, 7) is 2.52. The Morgan fingerprint density at radius 2 is 1.75 bits per heavy atom. The molecule has 3 rings (SSSR count). The Balaban J connectivity index is 1.69. The Kier molecular flexibility index (Phi) is 6.49. The monoisotopic (exact) mass is 402 g/mol. The second kappa shape index (κ2) is 8.86. The SMILES string of the molecule is COCCNS(=O)(=O)c1ccc(C(=O)NC(c2ccc(C)cc2)C2CC2)cc1. The first-order valence-corrected chi connectivity index (χ1v) is 10.8. The van der Waals surface area contributed by atoms with E-state index >= 15 is 0 Å². The molecule has 1 amide bonds. The Bertz CT molecular complexity index is 904. The van der Waals surface area contributed by atoms with E-state index in [1.807, 2.05) is 19.1 Å². The molecule has 1 atom stereocenters. The zero-order valence-electron chi connectivity index (χ0n) is 16.1. The lowest BCUT2D eigenvalue weighted by molar-refractivity contribution is 0.0931. The number of aryl methyl sites for hydroxylation is 1. The lowest BCUT2D eigenvalue weighted by Gasteiger charge is -2.19. The quantitative estimate of drug-likeness (QED) is 0.632. The van der Waals surface area contributed by atoms with Crippen molar-refractivity contribution in [3.05, 3.63) is 65.2 Å². The van der Waals surface area contributed by atoms with Gasteiger partial charge in [-0.15, -0.1) is 0 Å². The first-order valence-electron chi connectivity index (χ1n) is 9.37. The highest BCUT2D eigenvalue weighted by Gasteiger charge is 2.33. The van der Waals surface area contributed by atoms with Crippen LogP contribution in [0.5, 0.6) is 0 Å². The molecule has 6 nitrogen and oxygen atoms in total. The molecule has 2 N–H and O–H groups in total. The lowest BCUT2D eigenvalue weighted by Crippen LogP contribution is -2.30. The highest BCUT2D eigenvalue weighted by Crippen LogP contribution is 2.41. The molecule has 0 aliphatic heterocycles. The standard InChI is InChI=1S/C21H26N2O4S/c1-15-3-5-16(6-4-15)20(17-7-8-17)23-21(24)18-9-11-19(12-10-18)28(25,26)22-13-14-27-2/h3-6,9-12,17,20,22H,7-8,13-14H2,1-2H3,(H,23,24). The molecule has 0 spiro atoms. The van der Waals surface area contributed by atoms with Crippen LogP contribution in [0.15, 0.2) is 53.4 Å².